The molecule has 198 valence electrons. The average Bonchev–Trinajstić information content (AvgIpc) is 3.69. The Morgan fingerprint density at radius 3 is 2.08 bits per heavy atom. The Hall–Kier alpha value is -2.97. The molecule has 0 bridgehead atoms. The van der Waals surface area contributed by atoms with Crippen molar-refractivity contribution < 1.29 is 28.6 Å². The summed E-state index contributed by atoms with van der Waals surface area (Å²) in [6.45, 7) is 0.508. The number of nitrogens with one attached hydrogen (secondary N) is 1. The molecular weight excluding hydrogens is 462 g/mol. The zero-order chi connectivity index (χ0) is 25.9. The van der Waals surface area contributed by atoms with Gasteiger partial charge in [0.2, 0.25) is 23.5 Å². The van der Waals surface area contributed by atoms with Crippen molar-refractivity contribution in [3.63, 3.8) is 0 Å². The van der Waals surface area contributed by atoms with Crippen molar-refractivity contribution in [2.45, 2.75) is 81.7 Å². The minimum Gasteiger partial charge on any atom is -0.493 e. The number of carbonyl (C=O) groups excluding carboxylic acids is 3. The molecule has 1 unspecified atom stereocenters. The number of nitrogens with two attached hydrogens (primary N) is 1. The van der Waals surface area contributed by atoms with Crippen LogP contribution in [0.25, 0.3) is 0 Å². The number of nitrogens with zero attached hydrogens (tertiary/aromatic N) is 1. The molecule has 0 aromatic heterocycles. The fraction of sp³-hybridized carbons (Fsp3) is 0.667. The van der Waals surface area contributed by atoms with Crippen molar-refractivity contribution in [3.05, 3.63) is 17.7 Å². The van der Waals surface area contributed by atoms with Gasteiger partial charge in [0.05, 0.1) is 27.2 Å². The SMILES string of the molecule is COc1cc(C(C(=O)N2CCCC[C@H]2C(=O)NC2(C(N)=O)CC2)C2CCCCC2)cc(OC)c1OC. The number of amides is 3. The quantitative estimate of drug-likeness (QED) is 0.537. The summed E-state index contributed by atoms with van der Waals surface area (Å²) in [6.07, 6.45) is 8.55. The minimum absolute atomic E-state index is 0.0556. The topological polar surface area (TPSA) is 120 Å². The van der Waals surface area contributed by atoms with Gasteiger partial charge in [-0.1, -0.05) is 19.3 Å². The van der Waals surface area contributed by atoms with Gasteiger partial charge in [-0.05, 0) is 68.6 Å². The smallest absolute Gasteiger partial charge is 0.243 e. The van der Waals surface area contributed by atoms with Crippen LogP contribution in [0.5, 0.6) is 17.2 Å². The van der Waals surface area contributed by atoms with Gasteiger partial charge in [0.25, 0.3) is 0 Å². The molecule has 3 amide bonds. The molecule has 1 aliphatic heterocycles. The van der Waals surface area contributed by atoms with Gasteiger partial charge in [-0.15, -0.1) is 0 Å². The van der Waals surface area contributed by atoms with Crippen molar-refractivity contribution in [2.24, 2.45) is 11.7 Å². The molecule has 2 aliphatic carbocycles. The normalized spacial score (nSPS) is 22.3. The third kappa shape index (κ3) is 5.11. The maximum atomic E-state index is 14.3. The van der Waals surface area contributed by atoms with Crippen LogP contribution in [0.3, 0.4) is 0 Å². The Morgan fingerprint density at radius 2 is 1.56 bits per heavy atom. The highest BCUT2D eigenvalue weighted by Gasteiger charge is 2.51. The molecule has 1 heterocycles. The first-order valence-corrected chi connectivity index (χ1v) is 13.1. The van der Waals surface area contributed by atoms with Crippen LogP contribution in [0.4, 0.5) is 0 Å². The van der Waals surface area contributed by atoms with E-state index in [0.717, 1.165) is 50.5 Å². The van der Waals surface area contributed by atoms with E-state index in [1.165, 1.54) is 0 Å². The number of hydrogen-bond acceptors (Lipinski definition) is 6. The number of ether oxygens (including phenoxy) is 3. The summed E-state index contributed by atoms with van der Waals surface area (Å²) in [5.74, 6) is 0.359. The second kappa shape index (κ2) is 11.0. The Morgan fingerprint density at radius 1 is 0.944 bits per heavy atom. The molecule has 9 nitrogen and oxygen atoms in total. The first kappa shape index (κ1) is 26.1. The van der Waals surface area contributed by atoms with Gasteiger partial charge in [-0.25, -0.2) is 0 Å². The predicted molar refractivity (Wildman–Crippen MR) is 134 cm³/mol. The summed E-state index contributed by atoms with van der Waals surface area (Å²) in [6, 6.07) is 3.12. The van der Waals surface area contributed by atoms with Crippen LogP contribution in [-0.2, 0) is 14.4 Å². The van der Waals surface area contributed by atoms with Crippen molar-refractivity contribution in [1.29, 1.82) is 0 Å². The molecule has 1 saturated heterocycles. The number of rotatable bonds is 9. The molecule has 3 N–H and O–H groups in total. The lowest BCUT2D eigenvalue weighted by Gasteiger charge is -2.40. The lowest BCUT2D eigenvalue weighted by atomic mass is 9.75. The lowest BCUT2D eigenvalue weighted by molar-refractivity contribution is -0.145. The first-order chi connectivity index (χ1) is 17.3. The van der Waals surface area contributed by atoms with Gasteiger partial charge in [0.1, 0.15) is 11.6 Å². The minimum atomic E-state index is -0.956. The summed E-state index contributed by atoms with van der Waals surface area (Å²) < 4.78 is 16.7. The van der Waals surface area contributed by atoms with Crippen molar-refractivity contribution >= 4 is 17.7 Å². The van der Waals surface area contributed by atoms with Gasteiger partial charge in [0, 0.05) is 6.54 Å². The van der Waals surface area contributed by atoms with Crippen LogP contribution in [0.1, 0.15) is 75.7 Å². The molecule has 3 fully saturated rings. The van der Waals surface area contributed by atoms with Crippen LogP contribution in [0.2, 0.25) is 0 Å². The van der Waals surface area contributed by atoms with Gasteiger partial charge in [0.15, 0.2) is 11.5 Å². The van der Waals surface area contributed by atoms with Crippen LogP contribution >= 0.6 is 0 Å². The number of piperidine rings is 1. The molecule has 0 spiro atoms. The van der Waals surface area contributed by atoms with Crippen LogP contribution < -0.4 is 25.3 Å². The molecule has 1 aromatic rings. The molecule has 0 radical (unpaired) electrons. The Balaban J connectivity index is 1.68. The highest BCUT2D eigenvalue weighted by atomic mass is 16.5. The van der Waals surface area contributed by atoms with E-state index in [2.05, 4.69) is 5.32 Å². The first-order valence-electron chi connectivity index (χ1n) is 13.1. The number of carbonyl (C=O) groups is 3. The van der Waals surface area contributed by atoms with E-state index in [1.54, 1.807) is 26.2 Å². The molecule has 3 aliphatic rings. The van der Waals surface area contributed by atoms with E-state index in [0.29, 0.717) is 43.1 Å². The zero-order valence-corrected chi connectivity index (χ0v) is 21.6. The molecule has 9 heteroatoms. The molecule has 1 aromatic carbocycles. The highest BCUT2D eigenvalue weighted by molar-refractivity contribution is 5.96. The Labute approximate surface area is 213 Å². The summed E-state index contributed by atoms with van der Waals surface area (Å²) in [7, 11) is 4.69. The van der Waals surface area contributed by atoms with Crippen LogP contribution in [0.15, 0.2) is 12.1 Å². The summed E-state index contributed by atoms with van der Waals surface area (Å²) >= 11 is 0. The third-order valence-electron chi connectivity index (χ3n) is 8.11. The van der Waals surface area contributed by atoms with Crippen LogP contribution in [-0.4, -0.2) is 62.1 Å². The Bertz CT molecular complexity index is 961. The fourth-order valence-electron chi connectivity index (χ4n) is 5.89. The molecule has 36 heavy (non-hydrogen) atoms. The molecular formula is C27H39N3O6. The number of benzene rings is 1. The number of likely N-dealkylation sites (tertiary alicyclic amines) is 1. The van der Waals surface area contributed by atoms with Crippen LogP contribution in [0, 0.1) is 5.92 Å². The summed E-state index contributed by atoms with van der Waals surface area (Å²) in [5.41, 5.74) is 5.39. The van der Waals surface area contributed by atoms with E-state index in [1.807, 2.05) is 12.1 Å². The standard InChI is InChI=1S/C27H39N3O6/c1-34-20-15-18(16-21(35-2)23(20)36-3)22(17-9-5-4-6-10-17)25(32)30-14-8-7-11-19(30)24(31)29-27(12-13-27)26(28)33/h15-17,19,22H,4-14H2,1-3H3,(H2,28,33)(H,29,31)/t19-,22?/m0/s1. The van der Waals surface area contributed by atoms with Gasteiger partial charge >= 0.3 is 0 Å². The molecule has 2 atom stereocenters. The fourth-order valence-corrected chi connectivity index (χ4v) is 5.89. The second-order valence-electron chi connectivity index (χ2n) is 10.3. The third-order valence-corrected chi connectivity index (χ3v) is 8.11. The molecule has 4 rings (SSSR count). The highest BCUT2D eigenvalue weighted by Crippen LogP contribution is 2.45. The summed E-state index contributed by atoms with van der Waals surface area (Å²) in [4.78, 5) is 41.3. The number of methoxy groups -OCH3 is 3. The Kier molecular flexibility index (Phi) is 7.95. The van der Waals surface area contributed by atoms with E-state index in [-0.39, 0.29) is 17.7 Å². The van der Waals surface area contributed by atoms with Crippen molar-refractivity contribution in [1.82, 2.24) is 10.2 Å². The average molecular weight is 502 g/mol. The van der Waals surface area contributed by atoms with E-state index < -0.39 is 23.4 Å². The van der Waals surface area contributed by atoms with E-state index in [9.17, 15) is 14.4 Å². The predicted octanol–water partition coefficient (Wildman–Crippen LogP) is 2.89. The van der Waals surface area contributed by atoms with Gasteiger partial charge < -0.3 is 30.2 Å². The van der Waals surface area contributed by atoms with Crippen molar-refractivity contribution in [3.8, 4) is 17.2 Å². The van der Waals surface area contributed by atoms with E-state index >= 15 is 0 Å². The van der Waals surface area contributed by atoms with E-state index in [4.69, 9.17) is 19.9 Å². The lowest BCUT2D eigenvalue weighted by Crippen LogP contribution is -2.57. The maximum Gasteiger partial charge on any atom is 0.243 e. The monoisotopic (exact) mass is 501 g/mol. The summed E-state index contributed by atoms with van der Waals surface area (Å²) in [5, 5.41) is 2.87. The van der Waals surface area contributed by atoms with Gasteiger partial charge in [-0.3, -0.25) is 14.4 Å². The van der Waals surface area contributed by atoms with Crippen molar-refractivity contribution in [2.75, 3.05) is 27.9 Å². The second-order valence-corrected chi connectivity index (χ2v) is 10.3. The van der Waals surface area contributed by atoms with Gasteiger partial charge in [-0.2, -0.15) is 0 Å². The maximum absolute atomic E-state index is 14.3. The number of primary amides is 1. The zero-order valence-electron chi connectivity index (χ0n) is 21.6. The number of hydrogen-bond donors (Lipinski definition) is 2. The molecule has 2 saturated carbocycles. The largest absolute Gasteiger partial charge is 0.493 e.